The summed E-state index contributed by atoms with van der Waals surface area (Å²) in [5.74, 6) is -1.41. The smallest absolute Gasteiger partial charge is 0.273 e. The molecule has 0 aliphatic carbocycles. The van der Waals surface area contributed by atoms with Crippen LogP contribution in [0.25, 0.3) is 6.08 Å². The molecule has 166 valence electrons. The summed E-state index contributed by atoms with van der Waals surface area (Å²) in [7, 11) is 0. The van der Waals surface area contributed by atoms with Gasteiger partial charge < -0.3 is 0 Å². The SMILES string of the molecule is Cc1cc(C)cc(Cc2ccccc2/C=C2\C(=O)NC(=O)N(c3ccc(C)c(Cl)c3)C2=O)c1. The van der Waals surface area contributed by atoms with Crippen molar-refractivity contribution in [1.82, 2.24) is 5.32 Å². The molecule has 0 bridgehead atoms. The van der Waals surface area contributed by atoms with Crippen LogP contribution in [0.15, 0.2) is 66.2 Å². The molecular weight excluding hydrogens is 436 g/mol. The van der Waals surface area contributed by atoms with E-state index in [0.717, 1.165) is 27.2 Å². The molecule has 0 atom stereocenters. The molecule has 0 radical (unpaired) electrons. The Balaban J connectivity index is 1.72. The largest absolute Gasteiger partial charge is 0.335 e. The van der Waals surface area contributed by atoms with E-state index in [0.29, 0.717) is 17.1 Å². The second-order valence-corrected chi connectivity index (χ2v) is 8.67. The van der Waals surface area contributed by atoms with Crippen LogP contribution in [-0.2, 0) is 16.0 Å². The summed E-state index contributed by atoms with van der Waals surface area (Å²) in [6.07, 6.45) is 2.19. The van der Waals surface area contributed by atoms with Crippen molar-refractivity contribution in [3.05, 3.63) is 105 Å². The molecule has 1 aliphatic heterocycles. The molecule has 0 unspecified atom stereocenters. The summed E-state index contributed by atoms with van der Waals surface area (Å²) in [6, 6.07) is 18.0. The van der Waals surface area contributed by atoms with Crippen molar-refractivity contribution in [3.8, 4) is 0 Å². The minimum absolute atomic E-state index is 0.112. The lowest BCUT2D eigenvalue weighted by Crippen LogP contribution is -2.54. The molecule has 3 aromatic carbocycles. The standard InChI is InChI=1S/C27H23ClN2O3/c1-16-10-17(2)12-19(11-16)13-20-6-4-5-7-21(20)14-23-25(31)29-27(33)30(26(23)32)22-9-8-18(3)24(28)15-22/h4-12,14-15H,13H2,1-3H3,(H,29,31,33)/b23-14+. The van der Waals surface area contributed by atoms with Gasteiger partial charge in [0.1, 0.15) is 5.57 Å². The summed E-state index contributed by atoms with van der Waals surface area (Å²) in [6.45, 7) is 5.93. The number of carbonyl (C=O) groups excluding carboxylic acids is 3. The number of hydrogen-bond acceptors (Lipinski definition) is 3. The van der Waals surface area contributed by atoms with Crippen molar-refractivity contribution in [2.45, 2.75) is 27.2 Å². The van der Waals surface area contributed by atoms with Crippen LogP contribution in [0.4, 0.5) is 10.5 Å². The quantitative estimate of drug-likeness (QED) is 0.413. The van der Waals surface area contributed by atoms with Gasteiger partial charge in [-0.25, -0.2) is 9.69 Å². The van der Waals surface area contributed by atoms with Gasteiger partial charge in [0, 0.05) is 5.02 Å². The molecule has 1 heterocycles. The van der Waals surface area contributed by atoms with E-state index in [1.807, 2.05) is 31.2 Å². The third-order valence-electron chi connectivity index (χ3n) is 5.55. The van der Waals surface area contributed by atoms with Gasteiger partial charge in [-0.1, -0.05) is 71.3 Å². The van der Waals surface area contributed by atoms with Gasteiger partial charge in [-0.15, -0.1) is 0 Å². The topological polar surface area (TPSA) is 66.5 Å². The highest BCUT2D eigenvalue weighted by molar-refractivity contribution is 6.39. The van der Waals surface area contributed by atoms with Crippen molar-refractivity contribution >= 4 is 41.2 Å². The van der Waals surface area contributed by atoms with E-state index < -0.39 is 17.8 Å². The lowest BCUT2D eigenvalue weighted by Gasteiger charge is -2.26. The maximum Gasteiger partial charge on any atom is 0.335 e. The molecule has 1 fully saturated rings. The van der Waals surface area contributed by atoms with Crippen molar-refractivity contribution in [1.29, 1.82) is 0 Å². The normalized spacial score (nSPS) is 15.2. The predicted molar refractivity (Wildman–Crippen MR) is 130 cm³/mol. The lowest BCUT2D eigenvalue weighted by molar-refractivity contribution is -0.122. The first-order chi connectivity index (χ1) is 15.7. The predicted octanol–water partition coefficient (Wildman–Crippen LogP) is 5.52. The lowest BCUT2D eigenvalue weighted by atomic mass is 9.95. The summed E-state index contributed by atoms with van der Waals surface area (Å²) >= 11 is 6.19. The molecule has 33 heavy (non-hydrogen) atoms. The first kappa shape index (κ1) is 22.5. The molecular formula is C27H23ClN2O3. The highest BCUT2D eigenvalue weighted by atomic mass is 35.5. The van der Waals surface area contributed by atoms with Crippen LogP contribution in [0, 0.1) is 20.8 Å². The maximum absolute atomic E-state index is 13.2. The molecule has 0 saturated carbocycles. The number of hydrogen-bond donors (Lipinski definition) is 1. The Labute approximate surface area is 197 Å². The molecule has 0 aromatic heterocycles. The number of amides is 4. The van der Waals surface area contributed by atoms with Crippen LogP contribution in [0.3, 0.4) is 0 Å². The van der Waals surface area contributed by atoms with Crippen LogP contribution in [-0.4, -0.2) is 17.8 Å². The zero-order chi connectivity index (χ0) is 23.7. The number of halogens is 1. The van der Waals surface area contributed by atoms with Gasteiger partial charge in [0.05, 0.1) is 5.69 Å². The monoisotopic (exact) mass is 458 g/mol. The highest BCUT2D eigenvalue weighted by Gasteiger charge is 2.37. The maximum atomic E-state index is 13.2. The molecule has 4 amide bonds. The van der Waals surface area contributed by atoms with Crippen LogP contribution >= 0.6 is 11.6 Å². The zero-order valence-electron chi connectivity index (χ0n) is 18.6. The average Bonchev–Trinajstić information content (AvgIpc) is 2.74. The number of nitrogens with zero attached hydrogens (tertiary/aromatic N) is 1. The Morgan fingerprint density at radius 2 is 1.61 bits per heavy atom. The fraction of sp³-hybridized carbons (Fsp3) is 0.148. The van der Waals surface area contributed by atoms with E-state index in [4.69, 9.17) is 11.6 Å². The third kappa shape index (κ3) is 4.73. The molecule has 4 rings (SSSR count). The Morgan fingerprint density at radius 3 is 2.30 bits per heavy atom. The molecule has 5 nitrogen and oxygen atoms in total. The number of urea groups is 1. The first-order valence-corrected chi connectivity index (χ1v) is 10.9. The van der Waals surface area contributed by atoms with E-state index >= 15 is 0 Å². The zero-order valence-corrected chi connectivity index (χ0v) is 19.4. The van der Waals surface area contributed by atoms with Gasteiger partial charge in [0.2, 0.25) is 0 Å². The van der Waals surface area contributed by atoms with Gasteiger partial charge in [-0.2, -0.15) is 0 Å². The molecule has 1 aliphatic rings. The van der Waals surface area contributed by atoms with Crippen LogP contribution in [0.1, 0.15) is 33.4 Å². The highest BCUT2D eigenvalue weighted by Crippen LogP contribution is 2.27. The molecule has 1 N–H and O–H groups in total. The number of anilines is 1. The second kappa shape index (κ2) is 9.04. The Kier molecular flexibility index (Phi) is 6.16. The number of aryl methyl sites for hydroxylation is 3. The average molecular weight is 459 g/mol. The van der Waals surface area contributed by atoms with E-state index in [-0.39, 0.29) is 5.57 Å². The third-order valence-corrected chi connectivity index (χ3v) is 5.95. The second-order valence-electron chi connectivity index (χ2n) is 8.26. The minimum atomic E-state index is -0.800. The van der Waals surface area contributed by atoms with Gasteiger partial charge in [-0.05, 0) is 67.7 Å². The van der Waals surface area contributed by atoms with Crippen LogP contribution < -0.4 is 10.2 Å². The summed E-state index contributed by atoms with van der Waals surface area (Å²) in [4.78, 5) is 39.3. The minimum Gasteiger partial charge on any atom is -0.273 e. The van der Waals surface area contributed by atoms with Crippen molar-refractivity contribution < 1.29 is 14.4 Å². The van der Waals surface area contributed by atoms with Gasteiger partial charge in [0.25, 0.3) is 11.8 Å². The summed E-state index contributed by atoms with van der Waals surface area (Å²) < 4.78 is 0. The number of nitrogens with one attached hydrogen (secondary N) is 1. The van der Waals surface area contributed by atoms with Crippen LogP contribution in [0.5, 0.6) is 0 Å². The number of barbiturate groups is 1. The molecule has 1 saturated heterocycles. The number of rotatable bonds is 4. The van der Waals surface area contributed by atoms with Crippen molar-refractivity contribution in [2.24, 2.45) is 0 Å². The van der Waals surface area contributed by atoms with Crippen molar-refractivity contribution in [3.63, 3.8) is 0 Å². The van der Waals surface area contributed by atoms with Gasteiger partial charge in [0.15, 0.2) is 0 Å². The summed E-state index contributed by atoms with van der Waals surface area (Å²) in [5, 5.41) is 2.69. The number of imide groups is 2. The van der Waals surface area contributed by atoms with Crippen molar-refractivity contribution in [2.75, 3.05) is 4.90 Å². The van der Waals surface area contributed by atoms with E-state index in [1.165, 1.54) is 17.2 Å². The van der Waals surface area contributed by atoms with E-state index in [9.17, 15) is 14.4 Å². The number of carbonyl (C=O) groups is 3. The first-order valence-electron chi connectivity index (χ1n) is 10.6. The summed E-state index contributed by atoms with van der Waals surface area (Å²) in [5.41, 5.74) is 6.21. The Morgan fingerprint density at radius 1 is 0.909 bits per heavy atom. The fourth-order valence-corrected chi connectivity index (χ4v) is 4.17. The number of benzene rings is 3. The fourth-order valence-electron chi connectivity index (χ4n) is 4.00. The van der Waals surface area contributed by atoms with Gasteiger partial charge >= 0.3 is 6.03 Å². The molecule has 0 spiro atoms. The molecule has 3 aromatic rings. The van der Waals surface area contributed by atoms with E-state index in [2.05, 4.69) is 37.4 Å². The Bertz CT molecular complexity index is 1310. The van der Waals surface area contributed by atoms with Crippen LogP contribution in [0.2, 0.25) is 5.02 Å². The van der Waals surface area contributed by atoms with E-state index in [1.54, 1.807) is 18.2 Å². The Hall–Kier alpha value is -3.70. The molecule has 6 heteroatoms. The van der Waals surface area contributed by atoms with Gasteiger partial charge in [-0.3, -0.25) is 14.9 Å².